The van der Waals surface area contributed by atoms with Crippen LogP contribution in [-0.2, 0) is 11.3 Å². The Kier molecular flexibility index (Phi) is 4.33. The molecule has 0 amide bonds. The fourth-order valence-corrected chi connectivity index (χ4v) is 4.54. The molecule has 4 rings (SSSR count). The zero-order chi connectivity index (χ0) is 15.6. The van der Waals surface area contributed by atoms with Gasteiger partial charge in [-0.05, 0) is 31.2 Å². The molecule has 0 saturated carbocycles. The van der Waals surface area contributed by atoms with Gasteiger partial charge < -0.3 is 9.47 Å². The Morgan fingerprint density at radius 2 is 2.13 bits per heavy atom. The second kappa shape index (κ2) is 6.59. The van der Waals surface area contributed by atoms with E-state index in [0.717, 1.165) is 38.6 Å². The molecule has 2 fully saturated rings. The van der Waals surface area contributed by atoms with E-state index < -0.39 is 0 Å². The van der Waals surface area contributed by atoms with Crippen LogP contribution < -0.4 is 4.74 Å². The molecule has 0 radical (unpaired) electrons. The van der Waals surface area contributed by atoms with Crippen molar-refractivity contribution >= 4 is 11.3 Å². The highest BCUT2D eigenvalue weighted by Crippen LogP contribution is 2.35. The Morgan fingerprint density at radius 1 is 1.26 bits per heavy atom. The lowest BCUT2D eigenvalue weighted by atomic mass is 9.94. The van der Waals surface area contributed by atoms with E-state index in [9.17, 15) is 0 Å². The molecule has 5 heteroatoms. The molecule has 0 unspecified atom stereocenters. The molecule has 2 aromatic rings. The smallest absolute Gasteiger partial charge is 0.122 e. The molecule has 0 spiro atoms. The number of rotatable bonds is 5. The lowest BCUT2D eigenvalue weighted by molar-refractivity contribution is 0.0899. The summed E-state index contributed by atoms with van der Waals surface area (Å²) in [6.45, 7) is 6.94. The van der Waals surface area contributed by atoms with Crippen LogP contribution >= 0.6 is 11.3 Å². The van der Waals surface area contributed by atoms with E-state index in [1.54, 1.807) is 12.4 Å². The van der Waals surface area contributed by atoms with Gasteiger partial charge in [0.2, 0.25) is 0 Å². The van der Waals surface area contributed by atoms with Crippen LogP contribution in [0.4, 0.5) is 0 Å². The number of aromatic nitrogens is 1. The Morgan fingerprint density at radius 3 is 2.91 bits per heavy atom. The van der Waals surface area contributed by atoms with Crippen LogP contribution in [0.3, 0.4) is 0 Å². The van der Waals surface area contributed by atoms with E-state index in [0.29, 0.717) is 17.9 Å². The third kappa shape index (κ3) is 3.42. The Bertz CT molecular complexity index is 645. The van der Waals surface area contributed by atoms with Crippen molar-refractivity contribution in [3.8, 4) is 5.75 Å². The van der Waals surface area contributed by atoms with Crippen LogP contribution in [0.25, 0.3) is 0 Å². The van der Waals surface area contributed by atoms with Crippen LogP contribution in [0.5, 0.6) is 5.75 Å². The SMILES string of the molecule is Cc1ccc(CN2C[C@@H]3[C@H](COc4ccncc4)CO[C@@H]3C2)s1. The Balaban J connectivity index is 1.32. The Hall–Kier alpha value is -1.43. The molecule has 0 aromatic carbocycles. The third-order valence-electron chi connectivity index (χ3n) is 4.80. The first-order valence-corrected chi connectivity index (χ1v) is 9.01. The van der Waals surface area contributed by atoms with Crippen molar-refractivity contribution < 1.29 is 9.47 Å². The maximum absolute atomic E-state index is 6.02. The van der Waals surface area contributed by atoms with Crippen molar-refractivity contribution in [2.45, 2.75) is 19.6 Å². The highest BCUT2D eigenvalue weighted by atomic mass is 32.1. The normalized spacial score (nSPS) is 27.3. The minimum absolute atomic E-state index is 0.377. The zero-order valence-electron chi connectivity index (χ0n) is 13.4. The van der Waals surface area contributed by atoms with Crippen LogP contribution in [0, 0.1) is 18.8 Å². The maximum atomic E-state index is 6.02. The molecule has 2 aliphatic heterocycles. The summed E-state index contributed by atoms with van der Waals surface area (Å²) in [7, 11) is 0. The number of ether oxygens (including phenoxy) is 2. The van der Waals surface area contributed by atoms with Crippen molar-refractivity contribution in [2.75, 3.05) is 26.3 Å². The first-order valence-electron chi connectivity index (χ1n) is 8.20. The van der Waals surface area contributed by atoms with Crippen molar-refractivity contribution in [2.24, 2.45) is 11.8 Å². The fourth-order valence-electron chi connectivity index (χ4n) is 3.61. The van der Waals surface area contributed by atoms with Gasteiger partial charge in [-0.25, -0.2) is 0 Å². The van der Waals surface area contributed by atoms with Gasteiger partial charge in [0.05, 0.1) is 19.3 Å². The predicted molar refractivity (Wildman–Crippen MR) is 90.8 cm³/mol. The first-order chi connectivity index (χ1) is 11.3. The van der Waals surface area contributed by atoms with Gasteiger partial charge in [0.15, 0.2) is 0 Å². The highest BCUT2D eigenvalue weighted by Gasteiger charge is 2.44. The van der Waals surface area contributed by atoms with Crippen LogP contribution in [0.2, 0.25) is 0 Å². The van der Waals surface area contributed by atoms with Crippen LogP contribution in [-0.4, -0.2) is 42.3 Å². The Labute approximate surface area is 141 Å². The molecule has 2 aliphatic rings. The van der Waals surface area contributed by atoms with E-state index in [1.807, 2.05) is 23.5 Å². The molecule has 4 heterocycles. The van der Waals surface area contributed by atoms with Gasteiger partial charge in [-0.1, -0.05) is 0 Å². The third-order valence-corrected chi connectivity index (χ3v) is 5.79. The molecule has 2 saturated heterocycles. The predicted octanol–water partition coefficient (Wildman–Crippen LogP) is 2.98. The summed E-state index contributed by atoms with van der Waals surface area (Å²) in [6.07, 6.45) is 3.91. The first kappa shape index (κ1) is 15.1. The largest absolute Gasteiger partial charge is 0.493 e. The summed E-state index contributed by atoms with van der Waals surface area (Å²) < 4.78 is 11.9. The lowest BCUT2D eigenvalue weighted by Gasteiger charge is -2.19. The average Bonchev–Trinajstić information content (AvgIpc) is 3.23. The molecular formula is C18H22N2O2S. The van der Waals surface area contributed by atoms with Gasteiger partial charge in [0.1, 0.15) is 5.75 Å². The van der Waals surface area contributed by atoms with Gasteiger partial charge in [-0.3, -0.25) is 9.88 Å². The summed E-state index contributed by atoms with van der Waals surface area (Å²) in [5, 5.41) is 0. The van der Waals surface area contributed by atoms with Crippen LogP contribution in [0.1, 0.15) is 9.75 Å². The number of likely N-dealkylation sites (tertiary alicyclic amines) is 1. The molecule has 4 nitrogen and oxygen atoms in total. The van der Waals surface area contributed by atoms with Gasteiger partial charge in [0, 0.05) is 53.6 Å². The lowest BCUT2D eigenvalue weighted by Crippen LogP contribution is -2.26. The van der Waals surface area contributed by atoms with Gasteiger partial charge in [0.25, 0.3) is 0 Å². The van der Waals surface area contributed by atoms with E-state index in [4.69, 9.17) is 9.47 Å². The zero-order valence-corrected chi connectivity index (χ0v) is 14.2. The molecule has 122 valence electrons. The number of nitrogens with zero attached hydrogens (tertiary/aromatic N) is 2. The number of thiophene rings is 1. The van der Waals surface area contributed by atoms with Crippen LogP contribution in [0.15, 0.2) is 36.7 Å². The highest BCUT2D eigenvalue weighted by molar-refractivity contribution is 7.11. The van der Waals surface area contributed by atoms with E-state index in [2.05, 4.69) is 28.9 Å². The summed E-state index contributed by atoms with van der Waals surface area (Å²) >= 11 is 1.90. The summed E-state index contributed by atoms with van der Waals surface area (Å²) in [5.41, 5.74) is 0. The molecule has 0 N–H and O–H groups in total. The fraction of sp³-hybridized carbons (Fsp3) is 0.500. The minimum Gasteiger partial charge on any atom is -0.493 e. The van der Waals surface area contributed by atoms with Gasteiger partial charge in [-0.15, -0.1) is 11.3 Å². The standard InChI is InChI=1S/C18H22N2O2S/c1-13-2-3-16(23-13)8-20-9-17-14(12-22-18(17)10-20)11-21-15-4-6-19-7-5-15/h2-7,14,17-18H,8-12H2,1H3/t14-,17-,18-/m1/s1. The average molecular weight is 330 g/mol. The van der Waals surface area contributed by atoms with Gasteiger partial charge >= 0.3 is 0 Å². The molecule has 23 heavy (non-hydrogen) atoms. The summed E-state index contributed by atoms with van der Waals surface area (Å²) in [6, 6.07) is 8.28. The van der Waals surface area contributed by atoms with Crippen molar-refractivity contribution in [1.82, 2.24) is 9.88 Å². The van der Waals surface area contributed by atoms with Crippen molar-refractivity contribution in [1.29, 1.82) is 0 Å². The van der Waals surface area contributed by atoms with E-state index in [1.165, 1.54) is 9.75 Å². The van der Waals surface area contributed by atoms with Crippen molar-refractivity contribution in [3.63, 3.8) is 0 Å². The molecule has 3 atom stereocenters. The minimum atomic E-state index is 0.377. The number of hydrogen-bond donors (Lipinski definition) is 0. The van der Waals surface area contributed by atoms with E-state index >= 15 is 0 Å². The van der Waals surface area contributed by atoms with Crippen molar-refractivity contribution in [3.05, 3.63) is 46.4 Å². The van der Waals surface area contributed by atoms with Gasteiger partial charge in [-0.2, -0.15) is 0 Å². The summed E-state index contributed by atoms with van der Waals surface area (Å²) in [4.78, 5) is 9.39. The number of fused-ring (bicyclic) bond motifs is 1. The summed E-state index contributed by atoms with van der Waals surface area (Å²) in [5.74, 6) is 1.98. The molecule has 0 bridgehead atoms. The molecule has 0 aliphatic carbocycles. The molecule has 2 aromatic heterocycles. The monoisotopic (exact) mass is 330 g/mol. The van der Waals surface area contributed by atoms with E-state index in [-0.39, 0.29) is 0 Å². The number of hydrogen-bond acceptors (Lipinski definition) is 5. The topological polar surface area (TPSA) is 34.6 Å². The quantitative estimate of drug-likeness (QED) is 0.844. The maximum Gasteiger partial charge on any atom is 0.122 e. The second-order valence-electron chi connectivity index (χ2n) is 6.50. The second-order valence-corrected chi connectivity index (χ2v) is 7.87. The number of aryl methyl sites for hydroxylation is 1. The molecular weight excluding hydrogens is 308 g/mol. The number of pyridine rings is 1.